The summed E-state index contributed by atoms with van der Waals surface area (Å²) >= 11 is 0. The Balaban J connectivity index is 2.37. The molecular weight excluding hydrogens is 320 g/mol. The highest BCUT2D eigenvalue weighted by Gasteiger charge is 2.41. The van der Waals surface area contributed by atoms with Crippen molar-refractivity contribution in [2.24, 2.45) is 5.73 Å². The topological polar surface area (TPSA) is 99.5 Å². The van der Waals surface area contributed by atoms with Crippen LogP contribution < -0.4 is 5.73 Å². The Morgan fingerprint density at radius 1 is 1.24 bits per heavy atom. The zero-order chi connectivity index (χ0) is 18.9. The number of likely N-dealkylation sites (tertiary alicyclic amines) is 1. The fraction of sp³-hybridized carbons (Fsp3) is 0.611. The molecule has 2 amide bonds. The lowest BCUT2D eigenvalue weighted by Gasteiger charge is -2.29. The Bertz CT molecular complexity index is 691. The second kappa shape index (κ2) is 7.39. The summed E-state index contributed by atoms with van der Waals surface area (Å²) in [6, 6.07) is -0.767. The van der Waals surface area contributed by atoms with Gasteiger partial charge in [0.2, 0.25) is 5.91 Å². The molecule has 7 heteroatoms. The number of rotatable bonds is 5. The van der Waals surface area contributed by atoms with Crippen LogP contribution in [0.25, 0.3) is 0 Å². The molecular formula is C18H28N4O3. The summed E-state index contributed by atoms with van der Waals surface area (Å²) in [4.78, 5) is 44.0. The van der Waals surface area contributed by atoms with Crippen molar-refractivity contribution < 1.29 is 14.4 Å². The van der Waals surface area contributed by atoms with E-state index in [0.29, 0.717) is 48.6 Å². The van der Waals surface area contributed by atoms with Gasteiger partial charge in [0.25, 0.3) is 5.91 Å². The van der Waals surface area contributed by atoms with Crippen LogP contribution >= 0.6 is 0 Å². The largest absolute Gasteiger partial charge is 0.355 e. The highest BCUT2D eigenvalue weighted by molar-refractivity contribution is 6.04. The molecule has 1 saturated heterocycles. The van der Waals surface area contributed by atoms with Gasteiger partial charge in [-0.2, -0.15) is 0 Å². The zero-order valence-electron chi connectivity index (χ0n) is 15.7. The fourth-order valence-electron chi connectivity index (χ4n) is 3.64. The Morgan fingerprint density at radius 3 is 2.32 bits per heavy atom. The molecule has 0 aliphatic carbocycles. The maximum absolute atomic E-state index is 13.2. The Labute approximate surface area is 148 Å². The van der Waals surface area contributed by atoms with E-state index in [1.165, 1.54) is 6.92 Å². The maximum atomic E-state index is 13.2. The third-order valence-electron chi connectivity index (χ3n) is 4.96. The Hall–Kier alpha value is -2.15. The predicted octanol–water partition coefficient (Wildman–Crippen LogP) is 1.24. The lowest BCUT2D eigenvalue weighted by Crippen LogP contribution is -2.47. The molecule has 1 aliphatic rings. The molecule has 0 saturated carbocycles. The molecule has 7 nitrogen and oxygen atoms in total. The summed E-state index contributed by atoms with van der Waals surface area (Å²) in [5.41, 5.74) is 8.24. The van der Waals surface area contributed by atoms with Crippen molar-refractivity contribution in [3.05, 3.63) is 22.5 Å². The van der Waals surface area contributed by atoms with Crippen molar-refractivity contribution in [2.45, 2.75) is 53.1 Å². The third kappa shape index (κ3) is 3.46. The van der Waals surface area contributed by atoms with E-state index in [1.54, 1.807) is 23.6 Å². The summed E-state index contributed by atoms with van der Waals surface area (Å²) in [6.07, 6.45) is 0.461. The van der Waals surface area contributed by atoms with Crippen molar-refractivity contribution in [3.8, 4) is 0 Å². The van der Waals surface area contributed by atoms with E-state index < -0.39 is 6.04 Å². The number of hydrogen-bond acceptors (Lipinski definition) is 4. The van der Waals surface area contributed by atoms with Crippen molar-refractivity contribution in [3.63, 3.8) is 0 Å². The summed E-state index contributed by atoms with van der Waals surface area (Å²) in [5, 5.41) is 0. The molecule has 0 unspecified atom stereocenters. The van der Waals surface area contributed by atoms with E-state index in [0.717, 1.165) is 0 Å². The number of aryl methyl sites for hydroxylation is 1. The van der Waals surface area contributed by atoms with Crippen LogP contribution in [0.15, 0.2) is 0 Å². The molecule has 2 rings (SSSR count). The van der Waals surface area contributed by atoms with Gasteiger partial charge in [0.1, 0.15) is 6.04 Å². The van der Waals surface area contributed by atoms with Crippen LogP contribution in [0.5, 0.6) is 0 Å². The molecule has 1 aromatic rings. The highest BCUT2D eigenvalue weighted by Crippen LogP contribution is 2.26. The van der Waals surface area contributed by atoms with Crippen LogP contribution in [-0.2, 0) is 4.79 Å². The van der Waals surface area contributed by atoms with E-state index >= 15 is 0 Å². The van der Waals surface area contributed by atoms with Crippen LogP contribution in [0, 0.1) is 13.8 Å². The van der Waals surface area contributed by atoms with Crippen molar-refractivity contribution in [2.75, 3.05) is 19.6 Å². The number of nitrogens with two attached hydrogens (primary N) is 1. The number of carbonyl (C=O) groups is 3. The first-order chi connectivity index (χ1) is 11.7. The molecule has 2 heterocycles. The van der Waals surface area contributed by atoms with Crippen LogP contribution in [-0.4, -0.2) is 64.1 Å². The fourth-order valence-corrected chi connectivity index (χ4v) is 3.64. The number of amides is 2. The molecule has 138 valence electrons. The number of nitrogens with one attached hydrogen (secondary N) is 1. The molecule has 0 aromatic carbocycles. The molecule has 3 N–H and O–H groups in total. The van der Waals surface area contributed by atoms with E-state index in [4.69, 9.17) is 5.73 Å². The first-order valence-corrected chi connectivity index (χ1v) is 8.78. The van der Waals surface area contributed by atoms with Crippen LogP contribution in [0.4, 0.5) is 0 Å². The minimum Gasteiger partial charge on any atom is -0.355 e. The van der Waals surface area contributed by atoms with Gasteiger partial charge in [-0.3, -0.25) is 14.4 Å². The summed E-state index contributed by atoms with van der Waals surface area (Å²) in [5.74, 6) is -0.422. The maximum Gasteiger partial charge on any atom is 0.256 e. The quantitative estimate of drug-likeness (QED) is 0.782. The zero-order valence-corrected chi connectivity index (χ0v) is 15.7. The number of aromatic amines is 1. The second-order valence-electron chi connectivity index (χ2n) is 6.66. The number of Topliss-reactive ketones (excluding diaryl/α,β-unsaturated/α-hetero) is 1. The van der Waals surface area contributed by atoms with Crippen LogP contribution in [0.3, 0.4) is 0 Å². The van der Waals surface area contributed by atoms with Crippen molar-refractivity contribution in [1.29, 1.82) is 0 Å². The van der Waals surface area contributed by atoms with Gasteiger partial charge in [-0.1, -0.05) is 0 Å². The van der Waals surface area contributed by atoms with E-state index in [9.17, 15) is 14.4 Å². The number of H-pyrrole nitrogens is 1. The number of carbonyl (C=O) groups excluding carboxylic acids is 3. The number of likely N-dealkylation sites (N-methyl/N-ethyl adjacent to an activating group) is 1. The SMILES string of the molecule is CCN(CC)C(=O)[C@@H]1C[C@H](N)CN1C(=O)c1c(C)[nH]c(C(C)=O)c1C. The van der Waals surface area contributed by atoms with Gasteiger partial charge in [-0.05, 0) is 39.7 Å². The summed E-state index contributed by atoms with van der Waals surface area (Å²) in [7, 11) is 0. The van der Waals surface area contributed by atoms with E-state index in [-0.39, 0.29) is 23.6 Å². The number of ketones is 1. The van der Waals surface area contributed by atoms with Gasteiger partial charge < -0.3 is 20.5 Å². The van der Waals surface area contributed by atoms with Crippen molar-refractivity contribution >= 4 is 17.6 Å². The summed E-state index contributed by atoms with van der Waals surface area (Å²) in [6.45, 7) is 10.4. The van der Waals surface area contributed by atoms with Gasteiger partial charge in [-0.15, -0.1) is 0 Å². The monoisotopic (exact) mass is 348 g/mol. The van der Waals surface area contributed by atoms with Gasteiger partial charge in [-0.25, -0.2) is 0 Å². The minimum atomic E-state index is -0.545. The molecule has 1 aliphatic heterocycles. The van der Waals surface area contributed by atoms with E-state index in [1.807, 2.05) is 13.8 Å². The summed E-state index contributed by atoms with van der Waals surface area (Å²) < 4.78 is 0. The molecule has 25 heavy (non-hydrogen) atoms. The average Bonchev–Trinajstić information content (AvgIpc) is 3.08. The van der Waals surface area contributed by atoms with Gasteiger partial charge in [0.15, 0.2) is 5.78 Å². The van der Waals surface area contributed by atoms with Crippen LogP contribution in [0.1, 0.15) is 59.3 Å². The smallest absolute Gasteiger partial charge is 0.256 e. The minimum absolute atomic E-state index is 0.0658. The van der Waals surface area contributed by atoms with Gasteiger partial charge in [0.05, 0.1) is 11.3 Å². The molecule has 2 atom stereocenters. The number of aromatic nitrogens is 1. The predicted molar refractivity (Wildman–Crippen MR) is 95.6 cm³/mol. The van der Waals surface area contributed by atoms with Gasteiger partial charge in [0, 0.05) is 38.3 Å². The average molecular weight is 348 g/mol. The first-order valence-electron chi connectivity index (χ1n) is 8.78. The molecule has 0 spiro atoms. The lowest BCUT2D eigenvalue weighted by molar-refractivity contribution is -0.134. The Kier molecular flexibility index (Phi) is 5.67. The number of nitrogens with zero attached hydrogens (tertiary/aromatic N) is 2. The molecule has 1 aromatic heterocycles. The molecule has 0 bridgehead atoms. The molecule has 0 radical (unpaired) electrons. The second-order valence-corrected chi connectivity index (χ2v) is 6.66. The standard InChI is InChI=1S/C18H28N4O3/c1-6-21(7-2)17(24)14-8-13(19)9-22(14)18(25)15-10(3)16(12(5)23)20-11(15)4/h13-14,20H,6-9,19H2,1-5H3/t13-,14-/m0/s1. The first kappa shape index (κ1) is 19.2. The lowest BCUT2D eigenvalue weighted by atomic mass is 10.1. The molecule has 1 fully saturated rings. The third-order valence-corrected chi connectivity index (χ3v) is 4.96. The van der Waals surface area contributed by atoms with E-state index in [2.05, 4.69) is 4.98 Å². The van der Waals surface area contributed by atoms with Gasteiger partial charge >= 0.3 is 0 Å². The van der Waals surface area contributed by atoms with Crippen LogP contribution in [0.2, 0.25) is 0 Å². The number of hydrogen-bond donors (Lipinski definition) is 2. The van der Waals surface area contributed by atoms with Crippen molar-refractivity contribution in [1.82, 2.24) is 14.8 Å². The normalized spacial score (nSPS) is 20.0. The Morgan fingerprint density at radius 2 is 1.84 bits per heavy atom. The highest BCUT2D eigenvalue weighted by atomic mass is 16.2.